The number of carbonyl (C=O) groups is 1. The lowest BCUT2D eigenvalue weighted by atomic mass is 10.2. The van der Waals surface area contributed by atoms with Crippen molar-refractivity contribution in [2.45, 2.75) is 32.4 Å². The third kappa shape index (κ3) is 4.87. The number of halogens is 1. The van der Waals surface area contributed by atoms with Crippen molar-refractivity contribution < 1.29 is 18.7 Å². The molecule has 2 atom stereocenters. The summed E-state index contributed by atoms with van der Waals surface area (Å²) in [5.41, 5.74) is 0. The van der Waals surface area contributed by atoms with E-state index >= 15 is 0 Å². The van der Waals surface area contributed by atoms with Crippen molar-refractivity contribution in [2.24, 2.45) is 0 Å². The number of carbonyl (C=O) groups excluding carboxylic acids is 1. The smallest absolute Gasteiger partial charge is 0.318 e. The summed E-state index contributed by atoms with van der Waals surface area (Å²) in [4.78, 5) is 14.1. The Hall–Kier alpha value is -1.82. The third-order valence-corrected chi connectivity index (χ3v) is 3.63. The third-order valence-electron chi connectivity index (χ3n) is 3.63. The Morgan fingerprint density at radius 2 is 2.18 bits per heavy atom. The minimum Gasteiger partial charge on any atom is -0.491 e. The zero-order valence-electron chi connectivity index (χ0n) is 13.0. The molecule has 0 unspecified atom stereocenters. The molecule has 0 saturated carbocycles. The highest BCUT2D eigenvalue weighted by Crippen LogP contribution is 2.12. The molecule has 1 aromatic carbocycles. The fraction of sp³-hybridized carbons (Fsp3) is 0.562. The summed E-state index contributed by atoms with van der Waals surface area (Å²) in [6.45, 7) is 6.08. The zero-order valence-corrected chi connectivity index (χ0v) is 13.0. The quantitative estimate of drug-likeness (QED) is 0.929. The molecule has 2 amide bonds. The number of urea groups is 1. The molecule has 1 saturated heterocycles. The molecule has 0 bridgehead atoms. The highest BCUT2D eigenvalue weighted by Gasteiger charge is 2.23. The summed E-state index contributed by atoms with van der Waals surface area (Å²) < 4.78 is 23.7. The summed E-state index contributed by atoms with van der Waals surface area (Å²) in [5, 5.41) is 2.92. The lowest BCUT2D eigenvalue weighted by Gasteiger charge is -2.28. The fourth-order valence-electron chi connectivity index (χ4n) is 2.28. The van der Waals surface area contributed by atoms with Crippen molar-refractivity contribution in [3.63, 3.8) is 0 Å². The van der Waals surface area contributed by atoms with Gasteiger partial charge in [-0.2, -0.15) is 0 Å². The summed E-state index contributed by atoms with van der Waals surface area (Å²) in [6.07, 6.45) is 0.841. The number of hydrogen-bond donors (Lipinski definition) is 1. The van der Waals surface area contributed by atoms with Gasteiger partial charge in [0.1, 0.15) is 18.2 Å². The van der Waals surface area contributed by atoms with E-state index in [1.807, 2.05) is 13.8 Å². The topological polar surface area (TPSA) is 50.8 Å². The van der Waals surface area contributed by atoms with E-state index in [4.69, 9.17) is 9.47 Å². The maximum atomic E-state index is 12.8. The Labute approximate surface area is 130 Å². The van der Waals surface area contributed by atoms with Crippen LogP contribution in [0.1, 0.15) is 20.3 Å². The molecule has 6 heteroatoms. The number of ether oxygens (including phenoxy) is 2. The van der Waals surface area contributed by atoms with Gasteiger partial charge in [-0.15, -0.1) is 0 Å². The van der Waals surface area contributed by atoms with Gasteiger partial charge in [0, 0.05) is 19.2 Å². The molecule has 1 aromatic rings. The first-order valence-electron chi connectivity index (χ1n) is 7.59. The first kappa shape index (κ1) is 16.5. The number of nitrogens with zero attached hydrogens (tertiary/aromatic N) is 1. The molecule has 2 rings (SSSR count). The van der Waals surface area contributed by atoms with Gasteiger partial charge in [-0.25, -0.2) is 9.18 Å². The van der Waals surface area contributed by atoms with Gasteiger partial charge in [0.25, 0.3) is 0 Å². The van der Waals surface area contributed by atoms with Crippen LogP contribution in [0.5, 0.6) is 5.75 Å². The van der Waals surface area contributed by atoms with Gasteiger partial charge in [-0.05, 0) is 44.5 Å². The largest absolute Gasteiger partial charge is 0.491 e. The number of amides is 2. The standard InChI is InChI=1S/C16H23FN2O3/c1-12(11-22-15-5-3-14(17)4-6-15)18-16(20)19-8-10-21-9-7-13(19)2/h3-6,12-13H,7-11H2,1-2H3,(H,18,20)/t12-,13-/m1/s1. The van der Waals surface area contributed by atoms with Crippen LogP contribution in [0, 0.1) is 5.82 Å². The van der Waals surface area contributed by atoms with Crippen molar-refractivity contribution in [3.8, 4) is 5.75 Å². The lowest BCUT2D eigenvalue weighted by Crippen LogP contribution is -2.49. The highest BCUT2D eigenvalue weighted by molar-refractivity contribution is 5.74. The molecule has 0 spiro atoms. The van der Waals surface area contributed by atoms with Crippen LogP contribution in [0.25, 0.3) is 0 Å². The van der Waals surface area contributed by atoms with Crippen molar-refractivity contribution in [1.82, 2.24) is 10.2 Å². The molecule has 1 N–H and O–H groups in total. The summed E-state index contributed by atoms with van der Waals surface area (Å²) in [7, 11) is 0. The van der Waals surface area contributed by atoms with Crippen molar-refractivity contribution >= 4 is 6.03 Å². The van der Waals surface area contributed by atoms with Crippen LogP contribution in [0.4, 0.5) is 9.18 Å². The molecule has 22 heavy (non-hydrogen) atoms. The van der Waals surface area contributed by atoms with E-state index in [1.165, 1.54) is 12.1 Å². The summed E-state index contributed by atoms with van der Waals surface area (Å²) in [6, 6.07) is 5.74. The van der Waals surface area contributed by atoms with Crippen LogP contribution >= 0.6 is 0 Å². The molecule has 1 fully saturated rings. The average Bonchev–Trinajstić information content (AvgIpc) is 2.71. The average molecular weight is 310 g/mol. The Morgan fingerprint density at radius 1 is 1.45 bits per heavy atom. The predicted octanol–water partition coefficient (Wildman–Crippen LogP) is 2.41. The fourth-order valence-corrected chi connectivity index (χ4v) is 2.28. The molecular formula is C16H23FN2O3. The number of hydrogen-bond acceptors (Lipinski definition) is 3. The molecule has 1 heterocycles. The van der Waals surface area contributed by atoms with Gasteiger partial charge in [0.05, 0.1) is 12.6 Å². The Bertz CT molecular complexity index is 481. The van der Waals surface area contributed by atoms with Gasteiger partial charge in [-0.1, -0.05) is 0 Å². The van der Waals surface area contributed by atoms with E-state index in [-0.39, 0.29) is 23.9 Å². The molecule has 0 radical (unpaired) electrons. The van der Waals surface area contributed by atoms with Crippen LogP contribution in [-0.2, 0) is 4.74 Å². The minimum atomic E-state index is -0.300. The maximum Gasteiger partial charge on any atom is 0.318 e. The number of nitrogens with one attached hydrogen (secondary N) is 1. The number of benzene rings is 1. The molecule has 5 nitrogen and oxygen atoms in total. The van der Waals surface area contributed by atoms with Crippen LogP contribution in [-0.4, -0.2) is 49.4 Å². The number of rotatable bonds is 4. The van der Waals surface area contributed by atoms with Gasteiger partial charge in [0.2, 0.25) is 0 Å². The van der Waals surface area contributed by atoms with Crippen LogP contribution in [0.2, 0.25) is 0 Å². The normalized spacial score (nSPS) is 20.1. The SMILES string of the molecule is C[C@H](COc1ccc(F)cc1)NC(=O)N1CCOCC[C@H]1C. The van der Waals surface area contributed by atoms with E-state index in [2.05, 4.69) is 5.32 Å². The lowest BCUT2D eigenvalue weighted by molar-refractivity contribution is 0.140. The van der Waals surface area contributed by atoms with E-state index in [9.17, 15) is 9.18 Å². The summed E-state index contributed by atoms with van der Waals surface area (Å²) >= 11 is 0. The molecule has 0 aliphatic carbocycles. The highest BCUT2D eigenvalue weighted by atomic mass is 19.1. The van der Waals surface area contributed by atoms with Gasteiger partial charge in [0.15, 0.2) is 0 Å². The Kier molecular flexibility index (Phi) is 6.00. The second kappa shape index (κ2) is 7.98. The first-order chi connectivity index (χ1) is 10.6. The Balaban J connectivity index is 1.79. The zero-order chi connectivity index (χ0) is 15.9. The predicted molar refractivity (Wildman–Crippen MR) is 81.5 cm³/mol. The van der Waals surface area contributed by atoms with Gasteiger partial charge < -0.3 is 19.7 Å². The van der Waals surface area contributed by atoms with Crippen LogP contribution < -0.4 is 10.1 Å². The maximum absolute atomic E-state index is 12.8. The van der Waals surface area contributed by atoms with E-state index in [0.717, 1.165) is 6.42 Å². The van der Waals surface area contributed by atoms with E-state index in [0.29, 0.717) is 32.1 Å². The molecule has 1 aliphatic heterocycles. The van der Waals surface area contributed by atoms with Crippen molar-refractivity contribution in [3.05, 3.63) is 30.1 Å². The first-order valence-corrected chi connectivity index (χ1v) is 7.59. The van der Waals surface area contributed by atoms with Crippen molar-refractivity contribution in [2.75, 3.05) is 26.4 Å². The second-order valence-corrected chi connectivity index (χ2v) is 5.56. The van der Waals surface area contributed by atoms with Gasteiger partial charge in [-0.3, -0.25) is 0 Å². The minimum absolute atomic E-state index is 0.104. The second-order valence-electron chi connectivity index (χ2n) is 5.56. The molecular weight excluding hydrogens is 287 g/mol. The van der Waals surface area contributed by atoms with Gasteiger partial charge >= 0.3 is 6.03 Å². The molecule has 1 aliphatic rings. The summed E-state index contributed by atoms with van der Waals surface area (Å²) in [5.74, 6) is 0.283. The van der Waals surface area contributed by atoms with Crippen LogP contribution in [0.15, 0.2) is 24.3 Å². The molecule has 122 valence electrons. The monoisotopic (exact) mass is 310 g/mol. The van der Waals surface area contributed by atoms with E-state index < -0.39 is 0 Å². The van der Waals surface area contributed by atoms with Crippen LogP contribution in [0.3, 0.4) is 0 Å². The van der Waals surface area contributed by atoms with E-state index in [1.54, 1.807) is 17.0 Å². The molecule has 0 aromatic heterocycles. The Morgan fingerprint density at radius 3 is 2.91 bits per heavy atom. The van der Waals surface area contributed by atoms with Crippen molar-refractivity contribution in [1.29, 1.82) is 0 Å².